The van der Waals surface area contributed by atoms with E-state index in [0.717, 1.165) is 0 Å². The van der Waals surface area contributed by atoms with Crippen molar-refractivity contribution in [3.63, 3.8) is 0 Å². The van der Waals surface area contributed by atoms with Gasteiger partial charge in [0.25, 0.3) is 0 Å². The average Bonchev–Trinajstić information content (AvgIpc) is 1.83. The van der Waals surface area contributed by atoms with Gasteiger partial charge in [-0.25, -0.2) is 4.39 Å². The predicted octanol–water partition coefficient (Wildman–Crippen LogP) is 1.87. The number of hydrogen-bond acceptors (Lipinski definition) is 1. The van der Waals surface area contributed by atoms with Crippen LogP contribution in [-0.2, 0) is 0 Å². The first-order chi connectivity index (χ1) is 4.39. The standard InChI is InChI=1S/C4H4F5N/c1-2(3(5)10-9)4(6,7)8/h3,10H,1H2. The summed E-state index contributed by atoms with van der Waals surface area (Å²) in [5.74, 6) is 0. The molecule has 0 rings (SSSR count). The van der Waals surface area contributed by atoms with E-state index in [0.29, 0.717) is 0 Å². The molecule has 0 saturated carbocycles. The van der Waals surface area contributed by atoms with Crippen molar-refractivity contribution < 1.29 is 22.0 Å². The minimum atomic E-state index is -4.89. The molecular weight excluding hydrogens is 157 g/mol. The Kier molecular flexibility index (Phi) is 2.77. The van der Waals surface area contributed by atoms with E-state index in [9.17, 15) is 22.0 Å². The fourth-order valence-electron chi connectivity index (χ4n) is 0.210. The van der Waals surface area contributed by atoms with Gasteiger partial charge >= 0.3 is 6.18 Å². The van der Waals surface area contributed by atoms with Gasteiger partial charge in [0.05, 0.1) is 5.57 Å². The molecule has 0 bridgehead atoms. The number of nitrogens with one attached hydrogen (secondary N) is 1. The van der Waals surface area contributed by atoms with Gasteiger partial charge in [0.1, 0.15) is 0 Å². The molecule has 1 atom stereocenters. The van der Waals surface area contributed by atoms with Crippen LogP contribution in [0.3, 0.4) is 0 Å². The van der Waals surface area contributed by atoms with E-state index in [1.54, 1.807) is 0 Å². The summed E-state index contributed by atoms with van der Waals surface area (Å²) in [4.78, 5) is 0. The molecule has 0 aliphatic rings. The van der Waals surface area contributed by atoms with Crippen LogP contribution < -0.4 is 5.54 Å². The highest BCUT2D eigenvalue weighted by Crippen LogP contribution is 2.26. The molecule has 60 valence electrons. The second kappa shape index (κ2) is 2.96. The number of rotatable bonds is 2. The van der Waals surface area contributed by atoms with Crippen LogP contribution in [0.2, 0.25) is 0 Å². The van der Waals surface area contributed by atoms with Gasteiger partial charge in [-0.1, -0.05) is 6.58 Å². The third-order valence-electron chi connectivity index (χ3n) is 0.766. The van der Waals surface area contributed by atoms with E-state index in [1.807, 2.05) is 0 Å². The molecule has 6 heteroatoms. The van der Waals surface area contributed by atoms with Crippen molar-refractivity contribution >= 4 is 0 Å². The van der Waals surface area contributed by atoms with Gasteiger partial charge in [0.15, 0.2) is 0 Å². The second-order valence-corrected chi connectivity index (χ2v) is 1.49. The topological polar surface area (TPSA) is 12.0 Å². The zero-order valence-corrected chi connectivity index (χ0v) is 4.67. The quantitative estimate of drug-likeness (QED) is 0.282. The normalized spacial score (nSPS) is 14.9. The van der Waals surface area contributed by atoms with E-state index >= 15 is 0 Å². The smallest absolute Gasteiger partial charge is 0.222 e. The van der Waals surface area contributed by atoms with Crippen molar-refractivity contribution in [2.75, 3.05) is 0 Å². The molecule has 1 unspecified atom stereocenters. The number of hydrogen-bond donors (Lipinski definition) is 1. The molecule has 0 aliphatic carbocycles. The van der Waals surface area contributed by atoms with Gasteiger partial charge in [-0.3, -0.25) is 0 Å². The van der Waals surface area contributed by atoms with Crippen LogP contribution in [0.1, 0.15) is 0 Å². The summed E-state index contributed by atoms with van der Waals surface area (Å²) in [5.41, 5.74) is -1.50. The molecule has 0 aliphatic heterocycles. The molecule has 0 saturated heterocycles. The highest BCUT2D eigenvalue weighted by atomic mass is 19.4. The maximum absolute atomic E-state index is 11.7. The largest absolute Gasteiger partial charge is 0.416 e. The van der Waals surface area contributed by atoms with E-state index in [4.69, 9.17) is 0 Å². The highest BCUT2D eigenvalue weighted by molar-refractivity contribution is 5.06. The van der Waals surface area contributed by atoms with Crippen molar-refractivity contribution in [1.29, 1.82) is 0 Å². The zero-order chi connectivity index (χ0) is 8.36. The Balaban J connectivity index is 4.09. The van der Waals surface area contributed by atoms with Crippen molar-refractivity contribution in [2.45, 2.75) is 12.5 Å². The van der Waals surface area contributed by atoms with Crippen LogP contribution in [0.5, 0.6) is 0 Å². The monoisotopic (exact) mass is 161 g/mol. The molecule has 0 aromatic rings. The average molecular weight is 161 g/mol. The minimum absolute atomic E-state index is 0.285. The van der Waals surface area contributed by atoms with Crippen LogP contribution in [0.25, 0.3) is 0 Å². The van der Waals surface area contributed by atoms with Crippen molar-refractivity contribution in [3.8, 4) is 0 Å². The first-order valence-electron chi connectivity index (χ1n) is 2.16. The number of alkyl halides is 4. The van der Waals surface area contributed by atoms with Gasteiger partial charge in [0.2, 0.25) is 6.30 Å². The summed E-state index contributed by atoms with van der Waals surface area (Å²) >= 11 is 0. The third kappa shape index (κ3) is 2.30. The van der Waals surface area contributed by atoms with Crippen molar-refractivity contribution in [2.24, 2.45) is 0 Å². The van der Waals surface area contributed by atoms with Crippen LogP contribution in [-0.4, -0.2) is 12.5 Å². The lowest BCUT2D eigenvalue weighted by Gasteiger charge is -2.10. The molecule has 0 fully saturated rings. The molecule has 0 aromatic carbocycles. The summed E-state index contributed by atoms with van der Waals surface area (Å²) < 4.78 is 56.7. The SMILES string of the molecule is C=C(C(F)NF)C(F)(F)F. The first-order valence-corrected chi connectivity index (χ1v) is 2.16. The Morgan fingerprint density at radius 1 is 1.40 bits per heavy atom. The lowest BCUT2D eigenvalue weighted by atomic mass is 10.3. The summed E-state index contributed by atoms with van der Waals surface area (Å²) in [6, 6.07) is 0. The summed E-state index contributed by atoms with van der Waals surface area (Å²) in [7, 11) is 0. The molecule has 0 amide bonds. The van der Waals surface area contributed by atoms with Crippen LogP contribution in [0, 0.1) is 0 Å². The second-order valence-electron chi connectivity index (χ2n) is 1.49. The van der Waals surface area contributed by atoms with Crippen LogP contribution >= 0.6 is 0 Å². The third-order valence-corrected chi connectivity index (χ3v) is 0.766. The van der Waals surface area contributed by atoms with Crippen molar-refractivity contribution in [3.05, 3.63) is 12.2 Å². The lowest BCUT2D eigenvalue weighted by Crippen LogP contribution is -2.27. The predicted molar refractivity (Wildman–Crippen MR) is 24.3 cm³/mol. The Morgan fingerprint density at radius 2 is 1.80 bits per heavy atom. The molecular formula is C4H4F5N. The molecule has 10 heavy (non-hydrogen) atoms. The molecule has 0 radical (unpaired) electrons. The maximum atomic E-state index is 11.7. The highest BCUT2D eigenvalue weighted by Gasteiger charge is 2.37. The molecule has 1 N–H and O–H groups in total. The molecule has 0 aromatic heterocycles. The fourth-order valence-corrected chi connectivity index (χ4v) is 0.210. The number of halogens is 5. The fraction of sp³-hybridized carbons (Fsp3) is 0.500. The van der Waals surface area contributed by atoms with Gasteiger partial charge in [-0.2, -0.15) is 13.2 Å². The Labute approximate surface area is 53.5 Å². The van der Waals surface area contributed by atoms with E-state index < -0.39 is 18.0 Å². The van der Waals surface area contributed by atoms with Gasteiger partial charge in [-0.05, 0) is 0 Å². The van der Waals surface area contributed by atoms with E-state index in [2.05, 4.69) is 6.58 Å². The van der Waals surface area contributed by atoms with E-state index in [1.165, 1.54) is 0 Å². The van der Waals surface area contributed by atoms with Gasteiger partial charge in [-0.15, -0.1) is 10.0 Å². The maximum Gasteiger partial charge on any atom is 0.416 e. The van der Waals surface area contributed by atoms with Crippen LogP contribution in [0.15, 0.2) is 12.2 Å². The lowest BCUT2D eigenvalue weighted by molar-refractivity contribution is -0.105. The molecule has 0 heterocycles. The van der Waals surface area contributed by atoms with E-state index in [-0.39, 0.29) is 5.54 Å². The van der Waals surface area contributed by atoms with Gasteiger partial charge < -0.3 is 0 Å². The molecule has 0 spiro atoms. The molecule has 1 nitrogen and oxygen atoms in total. The first kappa shape index (κ1) is 9.35. The summed E-state index contributed by atoms with van der Waals surface area (Å²) in [5, 5.41) is 0. The van der Waals surface area contributed by atoms with Gasteiger partial charge in [0, 0.05) is 0 Å². The minimum Gasteiger partial charge on any atom is -0.222 e. The Bertz CT molecular complexity index is 128. The summed E-state index contributed by atoms with van der Waals surface area (Å²) in [6.45, 7) is 2.29. The Morgan fingerprint density at radius 3 is 1.90 bits per heavy atom. The summed E-state index contributed by atoms with van der Waals surface area (Å²) in [6.07, 6.45) is -7.77. The van der Waals surface area contributed by atoms with Crippen molar-refractivity contribution in [1.82, 2.24) is 5.54 Å². The zero-order valence-electron chi connectivity index (χ0n) is 4.67. The Hall–Kier alpha value is -0.650. The van der Waals surface area contributed by atoms with Crippen LogP contribution in [0.4, 0.5) is 22.0 Å².